The smallest absolute Gasteiger partial charge is 0.320 e. The van der Waals surface area contributed by atoms with Crippen molar-refractivity contribution >= 4 is 29.0 Å². The molecule has 5 heterocycles. The van der Waals surface area contributed by atoms with Gasteiger partial charge in [-0.25, -0.2) is 19.9 Å². The predicted molar refractivity (Wildman–Crippen MR) is 126 cm³/mol. The number of alkyl halides is 3. The minimum absolute atomic E-state index is 0.121. The zero-order valence-electron chi connectivity index (χ0n) is 19.7. The number of aryl methyl sites for hydroxylation is 1. The number of aromatic nitrogens is 6. The van der Waals surface area contributed by atoms with Gasteiger partial charge in [0.2, 0.25) is 11.8 Å². The van der Waals surface area contributed by atoms with E-state index < -0.39 is 23.6 Å². The second kappa shape index (κ2) is 8.36. The summed E-state index contributed by atoms with van der Waals surface area (Å²) in [4.78, 5) is 32.5. The number of nitrogens with zero attached hydrogens (tertiary/aromatic N) is 7. The third-order valence-electron chi connectivity index (χ3n) is 6.05. The van der Waals surface area contributed by atoms with Gasteiger partial charge in [0.05, 0.1) is 39.6 Å². The molecule has 0 spiro atoms. The average molecular weight is 515 g/mol. The zero-order valence-corrected chi connectivity index (χ0v) is 20.5. The van der Waals surface area contributed by atoms with E-state index in [-0.39, 0.29) is 11.6 Å². The lowest BCUT2D eigenvalue weighted by Gasteiger charge is -2.37. The summed E-state index contributed by atoms with van der Waals surface area (Å²) >= 11 is 1.42. The Morgan fingerprint density at radius 3 is 2.50 bits per heavy atom. The normalized spacial score (nSPS) is 15.8. The number of anilines is 2. The molecule has 4 aromatic rings. The van der Waals surface area contributed by atoms with Gasteiger partial charge in [0.25, 0.3) is 5.91 Å². The van der Waals surface area contributed by atoms with Crippen LogP contribution in [0.3, 0.4) is 0 Å². The molecule has 0 aliphatic carbocycles. The van der Waals surface area contributed by atoms with Crippen LogP contribution in [-0.2, 0) is 18.8 Å². The average Bonchev–Trinajstić information content (AvgIpc) is 3.50. The number of hydrogen-bond donors (Lipinski definition) is 1. The number of hydrogen-bond acceptors (Lipinski definition) is 8. The van der Waals surface area contributed by atoms with Gasteiger partial charge in [-0.1, -0.05) is 0 Å². The van der Waals surface area contributed by atoms with E-state index in [0.717, 1.165) is 21.8 Å². The van der Waals surface area contributed by atoms with Gasteiger partial charge in [-0.15, -0.1) is 11.3 Å². The second-order valence-electron chi connectivity index (χ2n) is 8.80. The molecule has 1 unspecified atom stereocenters. The van der Waals surface area contributed by atoms with Crippen LogP contribution in [0.15, 0.2) is 42.9 Å². The molecule has 36 heavy (non-hydrogen) atoms. The maximum absolute atomic E-state index is 13.5. The molecule has 0 fully saturated rings. The summed E-state index contributed by atoms with van der Waals surface area (Å²) < 4.78 is 41.1. The van der Waals surface area contributed by atoms with Crippen LogP contribution in [0.2, 0.25) is 0 Å². The minimum atomic E-state index is -4.67. The molecule has 0 saturated heterocycles. The quantitative estimate of drug-likeness (QED) is 0.402. The Kier molecular flexibility index (Phi) is 5.54. The van der Waals surface area contributed by atoms with E-state index in [1.807, 2.05) is 13.8 Å². The van der Waals surface area contributed by atoms with Gasteiger partial charge < -0.3 is 10.2 Å². The largest absolute Gasteiger partial charge is 0.451 e. The molecule has 0 radical (unpaired) electrons. The summed E-state index contributed by atoms with van der Waals surface area (Å²) in [6.07, 6.45) is -0.326. The number of thiophene rings is 1. The number of halogens is 3. The fourth-order valence-corrected chi connectivity index (χ4v) is 5.54. The lowest BCUT2D eigenvalue weighted by molar-refractivity contribution is -0.145. The molecular weight excluding hydrogens is 493 g/mol. The van der Waals surface area contributed by atoms with Crippen LogP contribution >= 0.6 is 11.3 Å². The molecule has 186 valence electrons. The van der Waals surface area contributed by atoms with Crippen molar-refractivity contribution in [1.29, 1.82) is 0 Å². The Hall–Kier alpha value is -3.87. The number of rotatable bonds is 5. The number of fused-ring (bicyclic) bond motifs is 1. The fraction of sp³-hybridized carbons (Fsp3) is 0.304. The monoisotopic (exact) mass is 514 g/mol. The maximum Gasteiger partial charge on any atom is 0.451 e. The van der Waals surface area contributed by atoms with Crippen LogP contribution in [0, 0.1) is 0 Å². The van der Waals surface area contributed by atoms with Gasteiger partial charge in [0.1, 0.15) is 5.82 Å². The van der Waals surface area contributed by atoms with E-state index in [4.69, 9.17) is 0 Å². The first-order chi connectivity index (χ1) is 17.0. The Balaban J connectivity index is 1.44. The van der Waals surface area contributed by atoms with E-state index >= 15 is 0 Å². The molecule has 1 N–H and O–H groups in total. The molecule has 9 nitrogen and oxygen atoms in total. The molecule has 0 bridgehead atoms. The molecule has 1 aliphatic heterocycles. The number of amides is 1. The lowest BCUT2D eigenvalue weighted by atomic mass is 10.0. The highest BCUT2D eigenvalue weighted by molar-refractivity contribution is 7.16. The van der Waals surface area contributed by atoms with Crippen molar-refractivity contribution in [3.05, 3.63) is 64.8 Å². The van der Waals surface area contributed by atoms with Crippen molar-refractivity contribution in [2.24, 2.45) is 7.05 Å². The molecule has 1 aliphatic rings. The Morgan fingerprint density at radius 1 is 1.08 bits per heavy atom. The maximum atomic E-state index is 13.5. The molecule has 0 saturated carbocycles. The standard InChI is InChI=1S/C23H21F3N8OS/c1-12(14-5-8-27-20(30-14)23(24,25)26)34-19(35)13-11-16(36-18(13)22(34,2)3)15-6-9-28-21(31-15)32-17-7-10-29-33(17)4/h5-12H,1-4H3,(H,28,31,32). The topological polar surface area (TPSA) is 102 Å². The van der Waals surface area contributed by atoms with Crippen molar-refractivity contribution in [1.82, 2.24) is 34.6 Å². The van der Waals surface area contributed by atoms with Crippen molar-refractivity contribution in [2.45, 2.75) is 38.5 Å². The molecule has 13 heteroatoms. The van der Waals surface area contributed by atoms with Crippen LogP contribution in [0.5, 0.6) is 0 Å². The number of nitrogens with one attached hydrogen (secondary N) is 1. The van der Waals surface area contributed by atoms with Crippen LogP contribution in [-0.4, -0.2) is 40.5 Å². The van der Waals surface area contributed by atoms with Gasteiger partial charge in [0, 0.05) is 30.4 Å². The van der Waals surface area contributed by atoms with E-state index in [1.54, 1.807) is 54.1 Å². The number of carbonyl (C=O) groups is 1. The molecular formula is C23H21F3N8OS. The summed E-state index contributed by atoms with van der Waals surface area (Å²) in [6.45, 7) is 5.41. The van der Waals surface area contributed by atoms with Crippen LogP contribution in [0.4, 0.5) is 24.9 Å². The highest BCUT2D eigenvalue weighted by atomic mass is 32.1. The Labute approximate surface area is 208 Å². The summed E-state index contributed by atoms with van der Waals surface area (Å²) in [5.74, 6) is -0.401. The third-order valence-corrected chi connectivity index (χ3v) is 7.52. The zero-order chi connectivity index (χ0) is 25.8. The predicted octanol–water partition coefficient (Wildman–Crippen LogP) is 4.94. The van der Waals surface area contributed by atoms with Crippen molar-refractivity contribution < 1.29 is 18.0 Å². The lowest BCUT2D eigenvalue weighted by Crippen LogP contribution is -2.41. The SMILES string of the molecule is CC(c1ccnc(C(F)(F)F)n1)N1C(=O)c2cc(-c3ccnc(Nc4ccnn4C)n3)sc2C1(C)C. The summed E-state index contributed by atoms with van der Waals surface area (Å²) in [5, 5.41) is 7.21. The van der Waals surface area contributed by atoms with Gasteiger partial charge in [-0.2, -0.15) is 18.3 Å². The molecule has 0 aromatic carbocycles. The molecule has 1 amide bonds. The van der Waals surface area contributed by atoms with Gasteiger partial charge in [-0.3, -0.25) is 9.48 Å². The summed E-state index contributed by atoms with van der Waals surface area (Å²) in [7, 11) is 1.79. The van der Waals surface area contributed by atoms with Gasteiger partial charge >= 0.3 is 6.18 Å². The van der Waals surface area contributed by atoms with Crippen LogP contribution in [0.25, 0.3) is 10.6 Å². The second-order valence-corrected chi connectivity index (χ2v) is 9.85. The first-order valence-corrected chi connectivity index (χ1v) is 11.7. The highest BCUT2D eigenvalue weighted by Crippen LogP contribution is 2.49. The highest BCUT2D eigenvalue weighted by Gasteiger charge is 2.48. The Bertz CT molecular complexity index is 1460. The van der Waals surface area contributed by atoms with E-state index in [1.165, 1.54) is 17.4 Å². The Morgan fingerprint density at radius 2 is 1.83 bits per heavy atom. The van der Waals surface area contributed by atoms with Crippen molar-refractivity contribution in [3.63, 3.8) is 0 Å². The molecule has 1 atom stereocenters. The fourth-order valence-electron chi connectivity index (χ4n) is 4.33. The van der Waals surface area contributed by atoms with Gasteiger partial charge in [-0.05, 0) is 39.0 Å². The first-order valence-electron chi connectivity index (χ1n) is 10.9. The third kappa shape index (κ3) is 3.98. The molecule has 5 rings (SSSR count). The minimum Gasteiger partial charge on any atom is -0.320 e. The summed E-state index contributed by atoms with van der Waals surface area (Å²) in [6, 6.07) is 6.02. The van der Waals surface area contributed by atoms with Gasteiger partial charge in [0.15, 0.2) is 0 Å². The van der Waals surface area contributed by atoms with Crippen LogP contribution in [0.1, 0.15) is 53.6 Å². The number of carbonyl (C=O) groups excluding carboxylic acids is 1. The van der Waals surface area contributed by atoms with E-state index in [9.17, 15) is 18.0 Å². The van der Waals surface area contributed by atoms with E-state index in [2.05, 4.69) is 30.4 Å². The van der Waals surface area contributed by atoms with E-state index in [0.29, 0.717) is 17.2 Å². The first kappa shape index (κ1) is 23.9. The molecule has 4 aromatic heterocycles. The van der Waals surface area contributed by atoms with Crippen molar-refractivity contribution in [3.8, 4) is 10.6 Å². The summed E-state index contributed by atoms with van der Waals surface area (Å²) in [5.41, 5.74) is 0.483. The van der Waals surface area contributed by atoms with Crippen LogP contribution < -0.4 is 5.32 Å². The van der Waals surface area contributed by atoms with Crippen molar-refractivity contribution in [2.75, 3.05) is 5.32 Å².